The Morgan fingerprint density at radius 3 is 2.15 bits per heavy atom. The maximum Gasteiger partial charge on any atom is 0.247 e. The van der Waals surface area contributed by atoms with E-state index in [4.69, 9.17) is 5.84 Å². The number of amides is 1. The lowest BCUT2D eigenvalue weighted by Crippen LogP contribution is -2.42. The van der Waals surface area contributed by atoms with Crippen LogP contribution in [-0.2, 0) is 16.6 Å². The largest absolute Gasteiger partial charge is 0.280 e. The molecule has 0 aliphatic carbocycles. The van der Waals surface area contributed by atoms with E-state index in [1.54, 1.807) is 0 Å². The number of carbonyl (C=O) groups is 1. The molecule has 0 spiro atoms. The zero-order valence-corrected chi connectivity index (χ0v) is 11.3. The first-order chi connectivity index (χ1) is 9.72. The van der Waals surface area contributed by atoms with Crippen LogP contribution >= 0.6 is 0 Å². The van der Waals surface area contributed by atoms with E-state index in [0.717, 1.165) is 12.0 Å². The van der Waals surface area contributed by atoms with Crippen LogP contribution in [0.15, 0.2) is 60.7 Å². The van der Waals surface area contributed by atoms with Gasteiger partial charge in [0.25, 0.3) is 0 Å². The van der Waals surface area contributed by atoms with Crippen LogP contribution in [0.1, 0.15) is 17.5 Å². The van der Waals surface area contributed by atoms with Gasteiger partial charge >= 0.3 is 0 Å². The number of hydrogen-bond acceptors (Lipinski definition) is 2. The molecule has 0 unspecified atom stereocenters. The molecular formula is C17H18N2O. The van der Waals surface area contributed by atoms with Gasteiger partial charge in [0.2, 0.25) is 5.91 Å². The molecule has 2 aromatic carbocycles. The third kappa shape index (κ3) is 2.10. The smallest absolute Gasteiger partial charge is 0.247 e. The predicted octanol–water partition coefficient (Wildman–Crippen LogP) is 2.27. The van der Waals surface area contributed by atoms with Crippen LogP contribution in [0.4, 0.5) is 0 Å². The molecular weight excluding hydrogens is 248 g/mol. The first-order valence-corrected chi connectivity index (χ1v) is 6.88. The quantitative estimate of drug-likeness (QED) is 0.684. The van der Waals surface area contributed by atoms with E-state index < -0.39 is 5.41 Å². The number of nitrogens with two attached hydrogens (primary N) is 1. The van der Waals surface area contributed by atoms with E-state index in [0.29, 0.717) is 13.0 Å². The first kappa shape index (κ1) is 12.9. The topological polar surface area (TPSA) is 46.3 Å². The average molecular weight is 266 g/mol. The van der Waals surface area contributed by atoms with Crippen LogP contribution in [0.25, 0.3) is 0 Å². The van der Waals surface area contributed by atoms with Gasteiger partial charge in [-0.15, -0.1) is 0 Å². The van der Waals surface area contributed by atoms with Crippen molar-refractivity contribution < 1.29 is 4.79 Å². The van der Waals surface area contributed by atoms with Gasteiger partial charge in [0.1, 0.15) is 0 Å². The summed E-state index contributed by atoms with van der Waals surface area (Å²) in [5.74, 6) is 5.85. The maximum absolute atomic E-state index is 12.6. The van der Waals surface area contributed by atoms with Gasteiger partial charge in [-0.25, -0.2) is 5.84 Å². The Hall–Kier alpha value is -2.13. The molecule has 1 atom stereocenters. The summed E-state index contributed by atoms with van der Waals surface area (Å²) >= 11 is 0. The summed E-state index contributed by atoms with van der Waals surface area (Å²) in [5, 5.41) is 1.36. The molecule has 0 aromatic heterocycles. The summed E-state index contributed by atoms with van der Waals surface area (Å²) in [6, 6.07) is 20.1. The van der Waals surface area contributed by atoms with Gasteiger partial charge in [-0.2, -0.15) is 0 Å². The maximum atomic E-state index is 12.6. The normalized spacial score (nSPS) is 22.2. The minimum atomic E-state index is -0.517. The first-order valence-electron chi connectivity index (χ1n) is 6.88. The third-order valence-electron chi connectivity index (χ3n) is 4.12. The van der Waals surface area contributed by atoms with Crippen molar-refractivity contribution in [2.24, 2.45) is 5.84 Å². The SMILES string of the molecule is NN1CC[C@@](Cc2ccccc2)(c2ccccc2)C1=O. The lowest BCUT2D eigenvalue weighted by Gasteiger charge is -2.27. The second-order valence-electron chi connectivity index (χ2n) is 5.36. The fraction of sp³-hybridized carbons (Fsp3) is 0.235. The number of benzene rings is 2. The number of nitrogens with zero attached hydrogens (tertiary/aromatic N) is 1. The molecule has 3 heteroatoms. The predicted molar refractivity (Wildman–Crippen MR) is 78.8 cm³/mol. The molecule has 2 N–H and O–H groups in total. The fourth-order valence-corrected chi connectivity index (χ4v) is 3.03. The molecule has 0 bridgehead atoms. The van der Waals surface area contributed by atoms with E-state index in [9.17, 15) is 4.79 Å². The Kier molecular flexibility index (Phi) is 3.28. The van der Waals surface area contributed by atoms with E-state index in [-0.39, 0.29) is 5.91 Å². The van der Waals surface area contributed by atoms with Gasteiger partial charge in [0.05, 0.1) is 5.41 Å². The average Bonchev–Trinajstić information content (AvgIpc) is 2.79. The van der Waals surface area contributed by atoms with Gasteiger partial charge in [0.15, 0.2) is 0 Å². The van der Waals surface area contributed by atoms with Crippen molar-refractivity contribution in [1.82, 2.24) is 5.01 Å². The minimum absolute atomic E-state index is 0.0209. The van der Waals surface area contributed by atoms with Crippen molar-refractivity contribution in [3.63, 3.8) is 0 Å². The number of hydrazine groups is 1. The standard InChI is InChI=1S/C17H18N2O/c18-19-12-11-17(16(19)20,15-9-5-2-6-10-15)13-14-7-3-1-4-8-14/h1-10H,11-13,18H2/t17-/m1/s1. The van der Waals surface area contributed by atoms with E-state index in [2.05, 4.69) is 12.1 Å². The second kappa shape index (κ2) is 5.10. The molecule has 0 radical (unpaired) electrons. The highest BCUT2D eigenvalue weighted by atomic mass is 16.2. The zero-order chi connectivity index (χ0) is 14.0. The van der Waals surface area contributed by atoms with Crippen LogP contribution in [0, 0.1) is 0 Å². The molecule has 1 heterocycles. The summed E-state index contributed by atoms with van der Waals surface area (Å²) in [7, 11) is 0. The fourth-order valence-electron chi connectivity index (χ4n) is 3.03. The van der Waals surface area contributed by atoms with Crippen LogP contribution in [-0.4, -0.2) is 17.5 Å². The molecule has 3 rings (SSSR count). The van der Waals surface area contributed by atoms with Crippen molar-refractivity contribution in [2.75, 3.05) is 6.54 Å². The van der Waals surface area contributed by atoms with Crippen molar-refractivity contribution in [2.45, 2.75) is 18.3 Å². The Morgan fingerprint density at radius 1 is 1.00 bits per heavy atom. The van der Waals surface area contributed by atoms with Crippen LogP contribution in [0.5, 0.6) is 0 Å². The summed E-state index contributed by atoms with van der Waals surface area (Å²) in [5.41, 5.74) is 1.71. The van der Waals surface area contributed by atoms with Crippen molar-refractivity contribution in [3.8, 4) is 0 Å². The highest BCUT2D eigenvalue weighted by Gasteiger charge is 2.47. The van der Waals surface area contributed by atoms with E-state index in [1.807, 2.05) is 48.5 Å². The Morgan fingerprint density at radius 2 is 1.60 bits per heavy atom. The third-order valence-corrected chi connectivity index (χ3v) is 4.12. The molecule has 3 nitrogen and oxygen atoms in total. The van der Waals surface area contributed by atoms with Crippen LogP contribution < -0.4 is 5.84 Å². The van der Waals surface area contributed by atoms with Gasteiger partial charge < -0.3 is 0 Å². The van der Waals surface area contributed by atoms with Gasteiger partial charge in [-0.3, -0.25) is 9.80 Å². The van der Waals surface area contributed by atoms with Crippen molar-refractivity contribution >= 4 is 5.91 Å². The molecule has 1 saturated heterocycles. The highest BCUT2D eigenvalue weighted by Crippen LogP contribution is 2.37. The Bertz CT molecular complexity index is 597. The van der Waals surface area contributed by atoms with Crippen molar-refractivity contribution in [3.05, 3.63) is 71.8 Å². The Labute approximate surface area is 119 Å². The highest BCUT2D eigenvalue weighted by molar-refractivity contribution is 5.90. The van der Waals surface area contributed by atoms with Crippen LogP contribution in [0.3, 0.4) is 0 Å². The summed E-state index contributed by atoms with van der Waals surface area (Å²) < 4.78 is 0. The summed E-state index contributed by atoms with van der Waals surface area (Å²) in [6.07, 6.45) is 1.46. The number of hydrogen-bond donors (Lipinski definition) is 1. The van der Waals surface area contributed by atoms with Gasteiger partial charge in [0, 0.05) is 6.54 Å². The van der Waals surface area contributed by atoms with E-state index >= 15 is 0 Å². The van der Waals surface area contributed by atoms with Gasteiger partial charge in [-0.05, 0) is 24.0 Å². The van der Waals surface area contributed by atoms with Gasteiger partial charge in [-0.1, -0.05) is 60.7 Å². The van der Waals surface area contributed by atoms with Crippen LogP contribution in [0.2, 0.25) is 0 Å². The minimum Gasteiger partial charge on any atom is -0.280 e. The summed E-state index contributed by atoms with van der Waals surface area (Å²) in [6.45, 7) is 0.612. The molecule has 1 aliphatic rings. The molecule has 1 amide bonds. The Balaban J connectivity index is 2.03. The molecule has 0 saturated carbocycles. The van der Waals surface area contributed by atoms with E-state index in [1.165, 1.54) is 10.6 Å². The lowest BCUT2D eigenvalue weighted by atomic mass is 9.74. The summed E-state index contributed by atoms with van der Waals surface area (Å²) in [4.78, 5) is 12.6. The molecule has 1 aliphatic heterocycles. The number of rotatable bonds is 3. The molecule has 1 fully saturated rings. The molecule has 102 valence electrons. The molecule has 20 heavy (non-hydrogen) atoms. The van der Waals surface area contributed by atoms with Crippen molar-refractivity contribution in [1.29, 1.82) is 0 Å². The molecule has 2 aromatic rings. The monoisotopic (exact) mass is 266 g/mol. The second-order valence-corrected chi connectivity index (χ2v) is 5.36. The zero-order valence-electron chi connectivity index (χ0n) is 11.3. The number of carbonyl (C=O) groups excluding carboxylic acids is 1. The lowest BCUT2D eigenvalue weighted by molar-refractivity contribution is -0.132.